The van der Waals surface area contributed by atoms with Crippen molar-refractivity contribution < 1.29 is 4.74 Å². The van der Waals surface area contributed by atoms with Gasteiger partial charge in [-0.2, -0.15) is 4.98 Å². The van der Waals surface area contributed by atoms with Crippen LogP contribution in [0.2, 0.25) is 0 Å². The minimum absolute atomic E-state index is 0.222. The first-order valence-electron chi connectivity index (χ1n) is 5.01. The Kier molecular flexibility index (Phi) is 4.35. The molecular formula is C10H19N3OS. The minimum atomic E-state index is 0.222. The molecule has 1 aromatic rings. The number of hydrogen-bond donors (Lipinski definition) is 1. The SMILES string of the molecule is COc1nc(N(C)C)sc1CCC(C)N. The molecule has 86 valence electrons. The molecule has 0 spiro atoms. The van der Waals surface area contributed by atoms with Gasteiger partial charge in [-0.1, -0.05) is 11.3 Å². The van der Waals surface area contributed by atoms with E-state index in [0.717, 1.165) is 23.9 Å². The molecule has 0 saturated heterocycles. The van der Waals surface area contributed by atoms with Crippen LogP contribution >= 0.6 is 11.3 Å². The summed E-state index contributed by atoms with van der Waals surface area (Å²) >= 11 is 1.67. The van der Waals surface area contributed by atoms with Gasteiger partial charge in [0.25, 0.3) is 0 Å². The average molecular weight is 229 g/mol. The van der Waals surface area contributed by atoms with Gasteiger partial charge in [0.2, 0.25) is 5.88 Å². The van der Waals surface area contributed by atoms with E-state index in [9.17, 15) is 0 Å². The molecular weight excluding hydrogens is 210 g/mol. The summed E-state index contributed by atoms with van der Waals surface area (Å²) < 4.78 is 5.24. The fraction of sp³-hybridized carbons (Fsp3) is 0.700. The molecule has 2 N–H and O–H groups in total. The zero-order chi connectivity index (χ0) is 11.4. The third-order valence-electron chi connectivity index (χ3n) is 2.05. The number of hydrogen-bond acceptors (Lipinski definition) is 5. The van der Waals surface area contributed by atoms with Crippen LogP contribution in [0.5, 0.6) is 5.88 Å². The molecule has 1 unspecified atom stereocenters. The zero-order valence-electron chi connectivity index (χ0n) is 9.78. The Morgan fingerprint density at radius 3 is 2.67 bits per heavy atom. The van der Waals surface area contributed by atoms with Crippen LogP contribution < -0.4 is 15.4 Å². The number of methoxy groups -OCH3 is 1. The first-order valence-corrected chi connectivity index (χ1v) is 5.82. The van der Waals surface area contributed by atoms with Crippen molar-refractivity contribution in [1.82, 2.24) is 4.98 Å². The number of anilines is 1. The summed E-state index contributed by atoms with van der Waals surface area (Å²) in [6.07, 6.45) is 1.90. The molecule has 1 aromatic heterocycles. The number of rotatable bonds is 5. The van der Waals surface area contributed by atoms with Gasteiger partial charge >= 0.3 is 0 Å². The van der Waals surface area contributed by atoms with E-state index in [4.69, 9.17) is 10.5 Å². The molecule has 15 heavy (non-hydrogen) atoms. The molecule has 1 rings (SSSR count). The second kappa shape index (κ2) is 5.32. The zero-order valence-corrected chi connectivity index (χ0v) is 10.6. The van der Waals surface area contributed by atoms with Crippen LogP contribution in [0.25, 0.3) is 0 Å². The minimum Gasteiger partial charge on any atom is -0.480 e. The summed E-state index contributed by atoms with van der Waals surface area (Å²) in [4.78, 5) is 7.56. The monoisotopic (exact) mass is 229 g/mol. The fourth-order valence-electron chi connectivity index (χ4n) is 1.19. The standard InChI is InChI=1S/C10H19N3OS/c1-7(11)5-6-8-9(14-4)12-10(15-8)13(2)3/h7H,5-6,11H2,1-4H3. The van der Waals surface area contributed by atoms with Gasteiger partial charge in [-0.25, -0.2) is 0 Å². The van der Waals surface area contributed by atoms with Crippen LogP contribution in [0.3, 0.4) is 0 Å². The quantitative estimate of drug-likeness (QED) is 0.831. The highest BCUT2D eigenvalue weighted by molar-refractivity contribution is 7.15. The highest BCUT2D eigenvalue weighted by atomic mass is 32.1. The Morgan fingerprint density at radius 2 is 2.20 bits per heavy atom. The predicted molar refractivity (Wildman–Crippen MR) is 65.0 cm³/mol. The summed E-state index contributed by atoms with van der Waals surface area (Å²) in [5.41, 5.74) is 5.73. The number of ether oxygens (including phenoxy) is 1. The first-order chi connectivity index (χ1) is 7.04. The van der Waals surface area contributed by atoms with Crippen LogP contribution in [0.15, 0.2) is 0 Å². The maximum Gasteiger partial charge on any atom is 0.229 e. The molecule has 0 aromatic carbocycles. The smallest absolute Gasteiger partial charge is 0.229 e. The molecule has 0 aliphatic heterocycles. The van der Waals surface area contributed by atoms with Crippen LogP contribution in [0, 0.1) is 0 Å². The lowest BCUT2D eigenvalue weighted by atomic mass is 10.2. The number of thiazole rings is 1. The summed E-state index contributed by atoms with van der Waals surface area (Å²) in [5, 5.41) is 0.978. The second-order valence-corrected chi connectivity index (χ2v) is 4.90. The van der Waals surface area contributed by atoms with E-state index < -0.39 is 0 Å². The van der Waals surface area contributed by atoms with Crippen molar-refractivity contribution in [2.75, 3.05) is 26.1 Å². The van der Waals surface area contributed by atoms with Crippen molar-refractivity contribution in [3.8, 4) is 5.88 Å². The number of aromatic nitrogens is 1. The molecule has 0 amide bonds. The van der Waals surface area contributed by atoms with Crippen molar-refractivity contribution in [3.63, 3.8) is 0 Å². The van der Waals surface area contributed by atoms with Crippen LogP contribution in [-0.4, -0.2) is 32.2 Å². The van der Waals surface area contributed by atoms with E-state index >= 15 is 0 Å². The molecule has 0 saturated carbocycles. The summed E-state index contributed by atoms with van der Waals surface area (Å²) in [5.74, 6) is 0.740. The molecule has 4 nitrogen and oxygen atoms in total. The van der Waals surface area contributed by atoms with E-state index in [1.807, 2.05) is 25.9 Å². The van der Waals surface area contributed by atoms with Crippen molar-refractivity contribution >= 4 is 16.5 Å². The summed E-state index contributed by atoms with van der Waals surface area (Å²) in [7, 11) is 5.62. The Labute approximate surface area is 95.1 Å². The Bertz CT molecular complexity index is 310. The van der Waals surface area contributed by atoms with Gasteiger partial charge in [0, 0.05) is 20.1 Å². The molecule has 1 heterocycles. The lowest BCUT2D eigenvalue weighted by molar-refractivity contribution is 0.395. The molecule has 0 radical (unpaired) electrons. The third-order valence-corrected chi connectivity index (χ3v) is 3.32. The van der Waals surface area contributed by atoms with Crippen molar-refractivity contribution in [2.45, 2.75) is 25.8 Å². The maximum absolute atomic E-state index is 5.73. The molecule has 0 aliphatic rings. The van der Waals surface area contributed by atoms with Gasteiger partial charge in [0.05, 0.1) is 12.0 Å². The van der Waals surface area contributed by atoms with Gasteiger partial charge in [0.15, 0.2) is 5.13 Å². The maximum atomic E-state index is 5.73. The van der Waals surface area contributed by atoms with Crippen molar-refractivity contribution in [3.05, 3.63) is 4.88 Å². The Hall–Kier alpha value is -0.810. The lowest BCUT2D eigenvalue weighted by Crippen LogP contribution is -2.15. The van der Waals surface area contributed by atoms with Gasteiger partial charge in [0.1, 0.15) is 0 Å². The fourth-order valence-corrected chi connectivity index (χ4v) is 2.16. The van der Waals surface area contributed by atoms with Gasteiger partial charge in [-0.15, -0.1) is 0 Å². The van der Waals surface area contributed by atoms with Crippen LogP contribution in [0.4, 0.5) is 5.13 Å². The van der Waals surface area contributed by atoms with Crippen LogP contribution in [-0.2, 0) is 6.42 Å². The van der Waals surface area contributed by atoms with E-state index in [1.165, 1.54) is 4.88 Å². The summed E-state index contributed by atoms with van der Waals surface area (Å²) in [6, 6.07) is 0.222. The van der Waals surface area contributed by atoms with Crippen LogP contribution in [0.1, 0.15) is 18.2 Å². The predicted octanol–water partition coefficient (Wildman–Crippen LogP) is 1.50. The lowest BCUT2D eigenvalue weighted by Gasteiger charge is -2.05. The molecule has 0 aliphatic carbocycles. The number of nitrogens with two attached hydrogens (primary N) is 1. The largest absolute Gasteiger partial charge is 0.480 e. The Morgan fingerprint density at radius 1 is 1.53 bits per heavy atom. The van der Waals surface area contributed by atoms with E-state index in [0.29, 0.717) is 0 Å². The van der Waals surface area contributed by atoms with E-state index in [-0.39, 0.29) is 6.04 Å². The molecule has 1 atom stereocenters. The van der Waals surface area contributed by atoms with E-state index in [1.54, 1.807) is 18.4 Å². The Balaban J connectivity index is 2.76. The van der Waals surface area contributed by atoms with Gasteiger partial charge < -0.3 is 15.4 Å². The third kappa shape index (κ3) is 3.35. The molecule has 5 heteroatoms. The number of aryl methyl sites for hydroxylation is 1. The second-order valence-electron chi connectivity index (χ2n) is 3.84. The van der Waals surface area contributed by atoms with Crippen molar-refractivity contribution in [1.29, 1.82) is 0 Å². The average Bonchev–Trinajstić information content (AvgIpc) is 2.57. The first kappa shape index (κ1) is 12.3. The van der Waals surface area contributed by atoms with Gasteiger partial charge in [-0.05, 0) is 19.8 Å². The summed E-state index contributed by atoms with van der Waals surface area (Å²) in [6.45, 7) is 2.01. The van der Waals surface area contributed by atoms with Crippen molar-refractivity contribution in [2.24, 2.45) is 5.73 Å². The highest BCUT2D eigenvalue weighted by Crippen LogP contribution is 2.31. The van der Waals surface area contributed by atoms with Gasteiger partial charge in [-0.3, -0.25) is 0 Å². The van der Waals surface area contributed by atoms with E-state index in [2.05, 4.69) is 4.98 Å². The normalized spacial score (nSPS) is 12.6. The highest BCUT2D eigenvalue weighted by Gasteiger charge is 2.13. The topological polar surface area (TPSA) is 51.4 Å². The number of nitrogens with zero attached hydrogens (tertiary/aromatic N) is 2. The molecule has 0 fully saturated rings. The molecule has 0 bridgehead atoms.